The first-order chi connectivity index (χ1) is 17.9. The molecule has 0 aliphatic carbocycles. The number of fused-ring (bicyclic) bond motifs is 2. The van der Waals surface area contributed by atoms with Crippen molar-refractivity contribution in [1.29, 1.82) is 0 Å². The number of aromatic nitrogens is 1. The monoisotopic (exact) mass is 550 g/mol. The first-order valence-corrected chi connectivity index (χ1v) is 12.6. The van der Waals surface area contributed by atoms with Gasteiger partial charge in [0.25, 0.3) is 5.91 Å². The van der Waals surface area contributed by atoms with E-state index in [-0.39, 0.29) is 16.4 Å². The lowest BCUT2D eigenvalue weighted by atomic mass is 9.95. The predicted octanol–water partition coefficient (Wildman–Crippen LogP) is 7.14. The molecule has 0 fully saturated rings. The topological polar surface area (TPSA) is 92.9 Å². The van der Waals surface area contributed by atoms with Crippen LogP contribution in [0, 0.1) is 0 Å². The zero-order valence-electron chi connectivity index (χ0n) is 19.1. The standard InChI is InChI=1S/C27H16Cl2N2O5S/c1-35-15-7-9-18-21(12-15)37-27(30-18)31-23(14-6-8-16(28)17(29)10-14)22(25(33)26(31)34)24(32)20-11-13-4-2-3-5-19(13)36-20/h2-12,23,33H,1H3. The molecule has 1 amide bonds. The summed E-state index contributed by atoms with van der Waals surface area (Å²) in [5.41, 5.74) is 1.48. The number of aliphatic hydroxyl groups is 1. The maximum absolute atomic E-state index is 13.8. The van der Waals surface area contributed by atoms with Gasteiger partial charge in [0.2, 0.25) is 5.78 Å². The lowest BCUT2D eigenvalue weighted by molar-refractivity contribution is -0.117. The van der Waals surface area contributed by atoms with E-state index in [1.54, 1.807) is 61.7 Å². The summed E-state index contributed by atoms with van der Waals surface area (Å²) < 4.78 is 11.8. The number of hydrogen-bond acceptors (Lipinski definition) is 7. The second kappa shape index (κ2) is 8.92. The Morgan fingerprint density at radius 2 is 1.89 bits per heavy atom. The van der Waals surface area contributed by atoms with Crippen molar-refractivity contribution in [2.24, 2.45) is 0 Å². The van der Waals surface area contributed by atoms with Crippen molar-refractivity contribution >= 4 is 72.5 Å². The number of carbonyl (C=O) groups excluding carboxylic acids is 2. The number of halogens is 2. The van der Waals surface area contributed by atoms with Crippen molar-refractivity contribution in [3.63, 3.8) is 0 Å². The van der Waals surface area contributed by atoms with E-state index in [0.717, 1.165) is 10.1 Å². The number of furan rings is 1. The SMILES string of the molecule is COc1ccc2nc(N3C(=O)C(O)=C(C(=O)c4cc5ccccc5o4)C3c3ccc(Cl)c(Cl)c3)sc2c1. The molecule has 6 rings (SSSR count). The predicted molar refractivity (Wildman–Crippen MR) is 143 cm³/mol. The first-order valence-electron chi connectivity index (χ1n) is 11.0. The van der Waals surface area contributed by atoms with Crippen LogP contribution in [0.3, 0.4) is 0 Å². The molecule has 0 saturated carbocycles. The van der Waals surface area contributed by atoms with Crippen LogP contribution in [0.2, 0.25) is 10.0 Å². The number of para-hydroxylation sites is 1. The highest BCUT2D eigenvalue weighted by molar-refractivity contribution is 7.22. The van der Waals surface area contributed by atoms with Gasteiger partial charge in [-0.3, -0.25) is 14.5 Å². The highest BCUT2D eigenvalue weighted by atomic mass is 35.5. The van der Waals surface area contributed by atoms with Crippen molar-refractivity contribution in [2.75, 3.05) is 12.0 Å². The Morgan fingerprint density at radius 1 is 1.08 bits per heavy atom. The summed E-state index contributed by atoms with van der Waals surface area (Å²) in [5, 5.41) is 12.6. The molecule has 1 aliphatic rings. The fourth-order valence-electron chi connectivity index (χ4n) is 4.38. The zero-order chi connectivity index (χ0) is 25.8. The summed E-state index contributed by atoms with van der Waals surface area (Å²) in [6.07, 6.45) is 0. The quantitative estimate of drug-likeness (QED) is 0.234. The van der Waals surface area contributed by atoms with Crippen molar-refractivity contribution in [1.82, 2.24) is 4.98 Å². The van der Waals surface area contributed by atoms with E-state index in [1.807, 2.05) is 12.1 Å². The van der Waals surface area contributed by atoms with Crippen molar-refractivity contribution in [3.8, 4) is 5.75 Å². The van der Waals surface area contributed by atoms with E-state index in [0.29, 0.717) is 32.6 Å². The summed E-state index contributed by atoms with van der Waals surface area (Å²) in [7, 11) is 1.56. The second-order valence-corrected chi connectivity index (χ2v) is 10.1. The van der Waals surface area contributed by atoms with Crippen molar-refractivity contribution < 1.29 is 23.8 Å². The minimum atomic E-state index is -1.02. The lowest BCUT2D eigenvalue weighted by Crippen LogP contribution is -2.31. The molecule has 1 unspecified atom stereocenters. The number of benzene rings is 3. The maximum Gasteiger partial charge on any atom is 0.296 e. The van der Waals surface area contributed by atoms with E-state index in [2.05, 4.69) is 4.98 Å². The summed E-state index contributed by atoms with van der Waals surface area (Å²) in [5.74, 6) is -1.43. The molecule has 2 aromatic heterocycles. The molecule has 3 heterocycles. The van der Waals surface area contributed by atoms with Crippen molar-refractivity contribution in [3.05, 3.63) is 99.4 Å². The maximum atomic E-state index is 13.8. The Hall–Kier alpha value is -3.85. The zero-order valence-corrected chi connectivity index (χ0v) is 21.4. The van der Waals surface area contributed by atoms with Gasteiger partial charge in [-0.2, -0.15) is 0 Å². The smallest absolute Gasteiger partial charge is 0.296 e. The molecular formula is C27H16Cl2N2O5S. The number of carbonyl (C=O) groups is 2. The van der Waals surface area contributed by atoms with Crippen LogP contribution in [-0.4, -0.2) is 28.9 Å². The Kier molecular flexibility index (Phi) is 5.67. The fraction of sp³-hybridized carbons (Fsp3) is 0.0741. The molecule has 0 radical (unpaired) electrons. The number of aliphatic hydroxyl groups excluding tert-OH is 1. The van der Waals surface area contributed by atoms with Crippen LogP contribution in [0.5, 0.6) is 5.75 Å². The third-order valence-electron chi connectivity index (χ3n) is 6.15. The number of amides is 1. The molecule has 1 aliphatic heterocycles. The molecule has 0 spiro atoms. The number of nitrogens with zero attached hydrogens (tertiary/aromatic N) is 2. The molecule has 3 aromatic carbocycles. The molecule has 0 bridgehead atoms. The third kappa shape index (κ3) is 3.85. The first kappa shape index (κ1) is 23.5. The summed E-state index contributed by atoms with van der Waals surface area (Å²) in [4.78, 5) is 33.1. The van der Waals surface area contributed by atoms with Crippen LogP contribution in [0.15, 0.2) is 82.5 Å². The number of rotatable bonds is 5. The number of hydrogen-bond donors (Lipinski definition) is 1. The van der Waals surface area contributed by atoms with Gasteiger partial charge in [0, 0.05) is 5.39 Å². The van der Waals surface area contributed by atoms with Gasteiger partial charge in [-0.25, -0.2) is 4.98 Å². The average molecular weight is 551 g/mol. The molecule has 1 atom stereocenters. The van der Waals surface area contributed by atoms with Crippen LogP contribution >= 0.6 is 34.5 Å². The Morgan fingerprint density at radius 3 is 2.65 bits per heavy atom. The largest absolute Gasteiger partial charge is 0.503 e. The molecule has 37 heavy (non-hydrogen) atoms. The summed E-state index contributed by atoms with van der Waals surface area (Å²) in [6, 6.07) is 17.9. The molecule has 184 valence electrons. The minimum absolute atomic E-state index is 0.00324. The van der Waals surface area contributed by atoms with Gasteiger partial charge < -0.3 is 14.3 Å². The molecule has 1 N–H and O–H groups in total. The minimum Gasteiger partial charge on any atom is -0.503 e. The number of anilines is 1. The number of ether oxygens (including phenoxy) is 1. The van der Waals surface area contributed by atoms with Gasteiger partial charge in [-0.05, 0) is 48.0 Å². The van der Waals surface area contributed by atoms with Crippen LogP contribution in [0.1, 0.15) is 22.2 Å². The summed E-state index contributed by atoms with van der Waals surface area (Å²) in [6.45, 7) is 0. The van der Waals surface area contributed by atoms with Crippen LogP contribution in [0.25, 0.3) is 21.2 Å². The normalized spacial score (nSPS) is 15.8. The molecular weight excluding hydrogens is 535 g/mol. The van der Waals surface area contributed by atoms with Gasteiger partial charge in [-0.1, -0.05) is 58.8 Å². The van der Waals surface area contributed by atoms with Crippen LogP contribution < -0.4 is 9.64 Å². The van der Waals surface area contributed by atoms with Gasteiger partial charge in [0.15, 0.2) is 16.7 Å². The van der Waals surface area contributed by atoms with E-state index in [4.69, 9.17) is 32.4 Å². The van der Waals surface area contributed by atoms with E-state index in [1.165, 1.54) is 16.2 Å². The Balaban J connectivity index is 1.52. The number of thiazole rings is 1. The van der Waals surface area contributed by atoms with E-state index in [9.17, 15) is 14.7 Å². The van der Waals surface area contributed by atoms with Crippen molar-refractivity contribution in [2.45, 2.75) is 6.04 Å². The fourth-order valence-corrected chi connectivity index (χ4v) is 5.71. The van der Waals surface area contributed by atoms with E-state index >= 15 is 0 Å². The number of ketones is 1. The highest BCUT2D eigenvalue weighted by Crippen LogP contribution is 2.45. The molecule has 10 heteroatoms. The van der Waals surface area contributed by atoms with Crippen LogP contribution in [-0.2, 0) is 4.79 Å². The highest BCUT2D eigenvalue weighted by Gasteiger charge is 2.46. The average Bonchev–Trinajstić information content (AvgIpc) is 3.59. The molecule has 7 nitrogen and oxygen atoms in total. The van der Waals surface area contributed by atoms with Gasteiger partial charge in [0.1, 0.15) is 11.3 Å². The van der Waals surface area contributed by atoms with Gasteiger partial charge >= 0.3 is 0 Å². The Labute approximate surface area is 224 Å². The van der Waals surface area contributed by atoms with Gasteiger partial charge in [-0.15, -0.1) is 0 Å². The second-order valence-electron chi connectivity index (χ2n) is 8.32. The number of methoxy groups -OCH3 is 1. The van der Waals surface area contributed by atoms with Gasteiger partial charge in [0.05, 0.1) is 39.0 Å². The molecule has 5 aromatic rings. The third-order valence-corrected chi connectivity index (χ3v) is 7.91. The van der Waals surface area contributed by atoms with E-state index < -0.39 is 23.5 Å². The molecule has 0 saturated heterocycles. The number of Topliss-reactive ketones (excluding diaryl/α,β-unsaturated/α-hetero) is 1. The summed E-state index contributed by atoms with van der Waals surface area (Å²) >= 11 is 13.7. The van der Waals surface area contributed by atoms with Crippen LogP contribution in [0.4, 0.5) is 5.13 Å². The lowest BCUT2D eigenvalue weighted by Gasteiger charge is -2.24. The Bertz CT molecular complexity index is 1740.